The van der Waals surface area contributed by atoms with Crippen molar-refractivity contribution in [3.05, 3.63) is 22.9 Å². The van der Waals surface area contributed by atoms with Crippen molar-refractivity contribution in [2.45, 2.75) is 0 Å². The van der Waals surface area contributed by atoms with Gasteiger partial charge in [0.1, 0.15) is 5.65 Å². The van der Waals surface area contributed by atoms with Crippen LogP contribution in [0.3, 0.4) is 0 Å². The van der Waals surface area contributed by atoms with Crippen LogP contribution in [0.1, 0.15) is 0 Å². The van der Waals surface area contributed by atoms with Crippen LogP contribution in [-0.4, -0.2) is 19.7 Å². The zero-order valence-corrected chi connectivity index (χ0v) is 5.90. The average molecular weight is 150 g/mol. The molecule has 0 unspecified atom stereocenters. The number of nitrogens with zero attached hydrogens (tertiary/aromatic N) is 3. The van der Waals surface area contributed by atoms with E-state index in [1.807, 2.05) is 0 Å². The van der Waals surface area contributed by atoms with Crippen LogP contribution in [0.4, 0.5) is 0 Å². The van der Waals surface area contributed by atoms with Crippen LogP contribution in [0.5, 0.6) is 0 Å². The number of aromatic nitrogens is 4. The van der Waals surface area contributed by atoms with Gasteiger partial charge in [-0.1, -0.05) is 0 Å². The molecule has 0 aliphatic rings. The summed E-state index contributed by atoms with van der Waals surface area (Å²) in [6.45, 7) is 0. The van der Waals surface area contributed by atoms with Crippen LogP contribution < -0.4 is 5.69 Å². The molecule has 0 amide bonds. The Kier molecular flexibility index (Phi) is 1.06. The molecule has 56 valence electrons. The van der Waals surface area contributed by atoms with Crippen LogP contribution in [0.15, 0.2) is 17.2 Å². The quantitative estimate of drug-likeness (QED) is 0.558. The van der Waals surface area contributed by atoms with Gasteiger partial charge in [-0.05, 0) is 0 Å². The van der Waals surface area contributed by atoms with Crippen molar-refractivity contribution >= 4 is 11.0 Å². The van der Waals surface area contributed by atoms with Gasteiger partial charge < -0.3 is 0 Å². The summed E-state index contributed by atoms with van der Waals surface area (Å²) < 4.78 is 1.60. The van der Waals surface area contributed by atoms with Crippen molar-refractivity contribution in [3.8, 4) is 0 Å². The van der Waals surface area contributed by atoms with Crippen LogP contribution >= 0.6 is 0 Å². The van der Waals surface area contributed by atoms with Crippen molar-refractivity contribution < 1.29 is 0 Å². The second-order valence-corrected chi connectivity index (χ2v) is 2.26. The van der Waals surface area contributed by atoms with Crippen molar-refractivity contribution in [1.29, 1.82) is 0 Å². The summed E-state index contributed by atoms with van der Waals surface area (Å²) in [7, 11) is 1.76. The Morgan fingerprint density at radius 1 is 1.55 bits per heavy atom. The summed E-state index contributed by atoms with van der Waals surface area (Å²) in [5.74, 6) is 0. The van der Waals surface area contributed by atoms with Gasteiger partial charge in [0.15, 0.2) is 0 Å². The Balaban J connectivity index is 2.98. The summed E-state index contributed by atoms with van der Waals surface area (Å²) in [6.07, 6.45) is 3.15. The molecule has 1 N–H and O–H groups in total. The van der Waals surface area contributed by atoms with Gasteiger partial charge in [-0.25, -0.2) is 9.78 Å². The van der Waals surface area contributed by atoms with E-state index in [9.17, 15) is 4.79 Å². The summed E-state index contributed by atoms with van der Waals surface area (Å²) in [5.41, 5.74) is 0.353. The lowest BCUT2D eigenvalue weighted by atomic mass is 10.4. The Labute approximate surface area is 61.7 Å². The Morgan fingerprint density at radius 2 is 2.36 bits per heavy atom. The number of aromatic amines is 1. The van der Waals surface area contributed by atoms with Gasteiger partial charge in [-0.3, -0.25) is 9.67 Å². The van der Waals surface area contributed by atoms with E-state index in [1.165, 1.54) is 6.20 Å². The van der Waals surface area contributed by atoms with Gasteiger partial charge in [0, 0.05) is 13.2 Å². The summed E-state index contributed by atoms with van der Waals surface area (Å²) in [5, 5.41) is 4.78. The maximum atomic E-state index is 10.7. The smallest absolute Gasteiger partial charge is 0.290 e. The highest BCUT2D eigenvalue weighted by Crippen LogP contribution is 2.03. The molecule has 2 aromatic rings. The molecular formula is C6H6N4O. The lowest BCUT2D eigenvalue weighted by molar-refractivity contribution is 0.783. The zero-order chi connectivity index (χ0) is 7.84. The standard InChI is InChI=1S/C6H6N4O/c1-10-5-4(3-8-10)2-7-6(11)9-5/h2-3H,1H3,(H,7,9,11). The molecule has 0 saturated heterocycles. The topological polar surface area (TPSA) is 63.6 Å². The third-order valence-corrected chi connectivity index (χ3v) is 1.51. The molecular weight excluding hydrogens is 144 g/mol. The van der Waals surface area contributed by atoms with Crippen LogP contribution in [-0.2, 0) is 7.05 Å². The molecule has 0 atom stereocenters. The summed E-state index contributed by atoms with van der Waals surface area (Å²) in [6, 6.07) is 0. The van der Waals surface area contributed by atoms with Gasteiger partial charge >= 0.3 is 5.69 Å². The van der Waals surface area contributed by atoms with Crippen LogP contribution in [0.25, 0.3) is 11.0 Å². The molecule has 0 aromatic carbocycles. The lowest BCUT2D eigenvalue weighted by Gasteiger charge is -1.90. The van der Waals surface area contributed by atoms with Crippen molar-refractivity contribution in [3.63, 3.8) is 0 Å². The minimum atomic E-state index is -0.346. The number of rotatable bonds is 0. The van der Waals surface area contributed by atoms with E-state index >= 15 is 0 Å². The molecule has 0 radical (unpaired) electrons. The predicted octanol–water partition coefficient (Wildman–Crippen LogP) is -0.343. The first-order valence-electron chi connectivity index (χ1n) is 3.14. The minimum absolute atomic E-state index is 0.346. The molecule has 5 heteroatoms. The predicted molar refractivity (Wildman–Crippen MR) is 39.1 cm³/mol. The fourth-order valence-electron chi connectivity index (χ4n) is 0.964. The van der Waals surface area contributed by atoms with Gasteiger partial charge in [0.05, 0.1) is 11.6 Å². The van der Waals surface area contributed by atoms with Gasteiger partial charge in [0.2, 0.25) is 0 Å². The van der Waals surface area contributed by atoms with Gasteiger partial charge in [-0.2, -0.15) is 5.10 Å². The molecule has 0 bridgehead atoms. The zero-order valence-electron chi connectivity index (χ0n) is 5.90. The summed E-state index contributed by atoms with van der Waals surface area (Å²) in [4.78, 5) is 16.9. The average Bonchev–Trinajstić information content (AvgIpc) is 2.33. The van der Waals surface area contributed by atoms with E-state index < -0.39 is 0 Å². The Hall–Kier alpha value is -1.65. The molecule has 2 rings (SSSR count). The van der Waals surface area contributed by atoms with Crippen molar-refractivity contribution in [1.82, 2.24) is 19.7 Å². The first-order chi connectivity index (χ1) is 5.27. The minimum Gasteiger partial charge on any atom is -0.290 e. The molecule has 11 heavy (non-hydrogen) atoms. The third-order valence-electron chi connectivity index (χ3n) is 1.51. The first-order valence-corrected chi connectivity index (χ1v) is 3.14. The van der Waals surface area contributed by atoms with Crippen LogP contribution in [0, 0.1) is 0 Å². The van der Waals surface area contributed by atoms with E-state index in [2.05, 4.69) is 15.1 Å². The molecule has 0 spiro atoms. The van der Waals surface area contributed by atoms with E-state index in [-0.39, 0.29) is 5.69 Å². The molecule has 0 aliphatic heterocycles. The number of aryl methyl sites for hydroxylation is 1. The van der Waals surface area contributed by atoms with E-state index in [4.69, 9.17) is 0 Å². The second kappa shape index (κ2) is 1.91. The van der Waals surface area contributed by atoms with Gasteiger partial charge in [-0.15, -0.1) is 0 Å². The normalized spacial score (nSPS) is 10.6. The highest BCUT2D eigenvalue weighted by Gasteiger charge is 1.98. The highest BCUT2D eigenvalue weighted by atomic mass is 16.1. The molecule has 5 nitrogen and oxygen atoms in total. The second-order valence-electron chi connectivity index (χ2n) is 2.26. The number of nitrogens with one attached hydrogen (secondary N) is 1. The van der Waals surface area contributed by atoms with Crippen LogP contribution in [0.2, 0.25) is 0 Å². The maximum absolute atomic E-state index is 10.7. The maximum Gasteiger partial charge on any atom is 0.346 e. The molecule has 0 fully saturated rings. The van der Waals surface area contributed by atoms with E-state index in [0.717, 1.165) is 5.39 Å². The molecule has 0 aliphatic carbocycles. The monoisotopic (exact) mass is 150 g/mol. The Morgan fingerprint density at radius 3 is 3.18 bits per heavy atom. The van der Waals surface area contributed by atoms with Crippen molar-refractivity contribution in [2.75, 3.05) is 0 Å². The number of hydrogen-bond acceptors (Lipinski definition) is 3. The SMILES string of the molecule is Cn1ncc2cnc(=O)[nH]c21. The van der Waals surface area contributed by atoms with E-state index in [0.29, 0.717) is 5.65 Å². The third kappa shape index (κ3) is 0.813. The number of fused-ring (bicyclic) bond motifs is 1. The summed E-state index contributed by atoms with van der Waals surface area (Å²) >= 11 is 0. The number of hydrogen-bond donors (Lipinski definition) is 1. The van der Waals surface area contributed by atoms with Crippen molar-refractivity contribution in [2.24, 2.45) is 7.05 Å². The molecule has 2 heterocycles. The fraction of sp³-hybridized carbons (Fsp3) is 0.167. The largest absolute Gasteiger partial charge is 0.346 e. The fourth-order valence-corrected chi connectivity index (χ4v) is 0.964. The Bertz CT molecular complexity index is 441. The number of H-pyrrole nitrogens is 1. The van der Waals surface area contributed by atoms with Gasteiger partial charge in [0.25, 0.3) is 0 Å². The first kappa shape index (κ1) is 6.09. The lowest BCUT2D eigenvalue weighted by Crippen LogP contribution is -2.09. The van der Waals surface area contributed by atoms with E-state index in [1.54, 1.807) is 17.9 Å². The highest BCUT2D eigenvalue weighted by molar-refractivity contribution is 5.72. The molecule has 0 saturated carbocycles. The molecule has 2 aromatic heterocycles.